The van der Waals surface area contributed by atoms with E-state index in [-0.39, 0.29) is 18.4 Å². The van der Waals surface area contributed by atoms with Crippen LogP contribution in [0.4, 0.5) is 0 Å². The Morgan fingerprint density at radius 2 is 1.83 bits per heavy atom. The first-order valence-corrected chi connectivity index (χ1v) is 8.38. The molecular weight excluding hydrogens is 337 g/mol. The van der Waals surface area contributed by atoms with Gasteiger partial charge in [-0.25, -0.2) is 0 Å². The third-order valence-electron chi connectivity index (χ3n) is 3.92. The van der Waals surface area contributed by atoms with Crippen LogP contribution in [0.2, 0.25) is 10.0 Å². The molecular formula is C16H21Cl2N3O2. The Morgan fingerprint density at radius 1 is 1.13 bits per heavy atom. The van der Waals surface area contributed by atoms with E-state index in [4.69, 9.17) is 23.2 Å². The average molecular weight is 358 g/mol. The number of hydrogen-bond donors (Lipinski definition) is 1. The number of hydrogen-bond acceptors (Lipinski definition) is 3. The van der Waals surface area contributed by atoms with Gasteiger partial charge in [-0.2, -0.15) is 0 Å². The van der Waals surface area contributed by atoms with Crippen molar-refractivity contribution in [1.29, 1.82) is 0 Å². The monoisotopic (exact) mass is 357 g/mol. The van der Waals surface area contributed by atoms with Crippen molar-refractivity contribution in [2.45, 2.75) is 12.8 Å². The molecule has 1 saturated heterocycles. The SMILES string of the molecule is CN1CCN(C(=O)CNC(=O)CCc2ccc(Cl)c(Cl)c2)CC1. The lowest BCUT2D eigenvalue weighted by atomic mass is 10.1. The molecule has 1 heterocycles. The molecule has 1 aromatic rings. The van der Waals surface area contributed by atoms with E-state index in [9.17, 15) is 9.59 Å². The van der Waals surface area contributed by atoms with Crippen molar-refractivity contribution >= 4 is 35.0 Å². The van der Waals surface area contributed by atoms with Crippen LogP contribution in [-0.4, -0.2) is 61.4 Å². The van der Waals surface area contributed by atoms with Crippen molar-refractivity contribution in [2.75, 3.05) is 39.8 Å². The lowest BCUT2D eigenvalue weighted by Crippen LogP contribution is -2.50. The standard InChI is InChI=1S/C16H21Cl2N3O2/c1-20-6-8-21(9-7-20)16(23)11-19-15(22)5-3-12-2-4-13(17)14(18)10-12/h2,4,10H,3,5-9,11H2,1H3,(H,19,22). The summed E-state index contributed by atoms with van der Waals surface area (Å²) in [5.74, 6) is -0.167. The minimum Gasteiger partial charge on any atom is -0.347 e. The Morgan fingerprint density at radius 3 is 2.48 bits per heavy atom. The molecule has 1 aliphatic rings. The summed E-state index contributed by atoms with van der Waals surface area (Å²) in [6, 6.07) is 5.32. The molecule has 0 saturated carbocycles. The number of rotatable bonds is 5. The number of halogens is 2. The van der Waals surface area contributed by atoms with E-state index in [1.807, 2.05) is 13.1 Å². The number of nitrogens with zero attached hydrogens (tertiary/aromatic N) is 2. The van der Waals surface area contributed by atoms with Gasteiger partial charge >= 0.3 is 0 Å². The van der Waals surface area contributed by atoms with Crippen molar-refractivity contribution in [3.05, 3.63) is 33.8 Å². The first-order valence-electron chi connectivity index (χ1n) is 7.62. The number of likely N-dealkylation sites (N-methyl/N-ethyl adjacent to an activating group) is 1. The normalized spacial score (nSPS) is 15.5. The van der Waals surface area contributed by atoms with Gasteiger partial charge in [0.1, 0.15) is 0 Å². The van der Waals surface area contributed by atoms with Crippen molar-refractivity contribution in [3.8, 4) is 0 Å². The fourth-order valence-electron chi connectivity index (χ4n) is 2.38. The quantitative estimate of drug-likeness (QED) is 0.874. The fourth-order valence-corrected chi connectivity index (χ4v) is 2.70. The van der Waals surface area contributed by atoms with E-state index in [0.717, 1.165) is 18.7 Å². The molecule has 1 N–H and O–H groups in total. The van der Waals surface area contributed by atoms with Crippen LogP contribution in [0.15, 0.2) is 18.2 Å². The van der Waals surface area contributed by atoms with Crippen LogP contribution in [-0.2, 0) is 16.0 Å². The Hall–Kier alpha value is -1.30. The average Bonchev–Trinajstić information content (AvgIpc) is 2.54. The Bertz CT molecular complexity index is 572. The molecule has 0 unspecified atom stereocenters. The smallest absolute Gasteiger partial charge is 0.242 e. The number of carbonyl (C=O) groups is 2. The summed E-state index contributed by atoms with van der Waals surface area (Å²) in [6.07, 6.45) is 0.874. The van der Waals surface area contributed by atoms with Crippen LogP contribution >= 0.6 is 23.2 Å². The number of benzene rings is 1. The first-order chi connectivity index (χ1) is 11.0. The minimum absolute atomic E-state index is 0.0269. The predicted molar refractivity (Wildman–Crippen MR) is 91.9 cm³/mol. The molecule has 0 radical (unpaired) electrons. The molecule has 5 nitrogen and oxygen atoms in total. The predicted octanol–water partition coefficient (Wildman–Crippen LogP) is 1.82. The molecule has 0 bridgehead atoms. The maximum atomic E-state index is 12.0. The molecule has 0 atom stereocenters. The number of nitrogens with one attached hydrogen (secondary N) is 1. The maximum absolute atomic E-state index is 12.0. The fraction of sp³-hybridized carbons (Fsp3) is 0.500. The first kappa shape index (κ1) is 18.0. The summed E-state index contributed by atoms with van der Waals surface area (Å²) in [5.41, 5.74) is 0.944. The van der Waals surface area contributed by atoms with Crippen LogP contribution in [0.25, 0.3) is 0 Å². The number of piperazine rings is 1. The molecule has 1 fully saturated rings. The van der Waals surface area contributed by atoms with E-state index in [1.54, 1.807) is 17.0 Å². The summed E-state index contributed by atoms with van der Waals surface area (Å²) in [4.78, 5) is 27.9. The number of aryl methyl sites for hydroxylation is 1. The molecule has 0 spiro atoms. The van der Waals surface area contributed by atoms with E-state index < -0.39 is 0 Å². The largest absolute Gasteiger partial charge is 0.347 e. The highest BCUT2D eigenvalue weighted by Gasteiger charge is 2.19. The second-order valence-electron chi connectivity index (χ2n) is 5.71. The van der Waals surface area contributed by atoms with E-state index in [1.165, 1.54) is 0 Å². The molecule has 1 aromatic carbocycles. The van der Waals surface area contributed by atoms with Gasteiger partial charge in [-0.1, -0.05) is 29.3 Å². The number of amides is 2. The van der Waals surface area contributed by atoms with Gasteiger partial charge in [0.25, 0.3) is 0 Å². The second kappa shape index (κ2) is 8.52. The molecule has 2 rings (SSSR count). The molecule has 2 amide bonds. The summed E-state index contributed by atoms with van der Waals surface area (Å²) in [6.45, 7) is 3.24. The van der Waals surface area contributed by atoms with Gasteiger partial charge < -0.3 is 15.1 Å². The van der Waals surface area contributed by atoms with Crippen LogP contribution in [0.5, 0.6) is 0 Å². The van der Waals surface area contributed by atoms with Crippen LogP contribution in [0.1, 0.15) is 12.0 Å². The van der Waals surface area contributed by atoms with Crippen molar-refractivity contribution in [3.63, 3.8) is 0 Å². The highest BCUT2D eigenvalue weighted by Crippen LogP contribution is 2.23. The van der Waals surface area contributed by atoms with Gasteiger partial charge in [0, 0.05) is 32.6 Å². The summed E-state index contributed by atoms with van der Waals surface area (Å²) >= 11 is 11.8. The van der Waals surface area contributed by atoms with Gasteiger partial charge in [0.05, 0.1) is 16.6 Å². The summed E-state index contributed by atoms with van der Waals surface area (Å²) in [5, 5.41) is 3.66. The zero-order valence-corrected chi connectivity index (χ0v) is 14.7. The van der Waals surface area contributed by atoms with Crippen LogP contribution < -0.4 is 5.32 Å². The zero-order valence-electron chi connectivity index (χ0n) is 13.1. The lowest BCUT2D eigenvalue weighted by molar-refractivity contribution is -0.134. The Balaban J connectivity index is 1.70. The molecule has 0 aliphatic carbocycles. The molecule has 1 aliphatic heterocycles. The van der Waals surface area contributed by atoms with E-state index in [2.05, 4.69) is 10.2 Å². The minimum atomic E-state index is -0.140. The third kappa shape index (κ3) is 5.68. The highest BCUT2D eigenvalue weighted by atomic mass is 35.5. The molecule has 0 aromatic heterocycles. The summed E-state index contributed by atoms with van der Waals surface area (Å²) < 4.78 is 0. The van der Waals surface area contributed by atoms with Gasteiger partial charge in [-0.05, 0) is 31.2 Å². The Labute approximate surface area is 146 Å². The van der Waals surface area contributed by atoms with E-state index >= 15 is 0 Å². The number of carbonyl (C=O) groups excluding carboxylic acids is 2. The van der Waals surface area contributed by atoms with Gasteiger partial charge in [-0.3, -0.25) is 9.59 Å². The van der Waals surface area contributed by atoms with Crippen LogP contribution in [0.3, 0.4) is 0 Å². The van der Waals surface area contributed by atoms with Crippen LogP contribution in [0, 0.1) is 0 Å². The Kier molecular flexibility index (Phi) is 6.69. The molecule has 23 heavy (non-hydrogen) atoms. The van der Waals surface area contributed by atoms with Gasteiger partial charge in [0.15, 0.2) is 0 Å². The topological polar surface area (TPSA) is 52.6 Å². The van der Waals surface area contributed by atoms with Crippen molar-refractivity contribution in [1.82, 2.24) is 15.1 Å². The molecule has 126 valence electrons. The third-order valence-corrected chi connectivity index (χ3v) is 4.66. The maximum Gasteiger partial charge on any atom is 0.242 e. The molecule has 7 heteroatoms. The summed E-state index contributed by atoms with van der Waals surface area (Å²) in [7, 11) is 2.03. The van der Waals surface area contributed by atoms with E-state index in [0.29, 0.717) is 36.0 Å². The van der Waals surface area contributed by atoms with Crippen molar-refractivity contribution < 1.29 is 9.59 Å². The van der Waals surface area contributed by atoms with Gasteiger partial charge in [-0.15, -0.1) is 0 Å². The van der Waals surface area contributed by atoms with Crippen molar-refractivity contribution in [2.24, 2.45) is 0 Å². The zero-order chi connectivity index (χ0) is 16.8. The lowest BCUT2D eigenvalue weighted by Gasteiger charge is -2.32. The highest BCUT2D eigenvalue weighted by molar-refractivity contribution is 6.42. The second-order valence-corrected chi connectivity index (χ2v) is 6.52. The van der Waals surface area contributed by atoms with Gasteiger partial charge in [0.2, 0.25) is 11.8 Å².